The van der Waals surface area contributed by atoms with Crippen LogP contribution in [0.2, 0.25) is 0 Å². The van der Waals surface area contributed by atoms with Gasteiger partial charge in [-0.25, -0.2) is 4.98 Å². The molecule has 0 aliphatic carbocycles. The van der Waals surface area contributed by atoms with E-state index in [2.05, 4.69) is 21.3 Å². The Morgan fingerprint density at radius 1 is 1.21 bits per heavy atom. The van der Waals surface area contributed by atoms with Crippen LogP contribution in [-0.2, 0) is 4.74 Å². The van der Waals surface area contributed by atoms with Crippen LogP contribution in [0.4, 0.5) is 5.82 Å². The van der Waals surface area contributed by atoms with Crippen LogP contribution in [-0.4, -0.2) is 41.8 Å². The highest BCUT2D eigenvalue weighted by atomic mass is 32.1. The summed E-state index contributed by atoms with van der Waals surface area (Å²) in [6, 6.07) is 4.34. The zero-order chi connectivity index (χ0) is 16.4. The Kier molecular flexibility index (Phi) is 4.78. The van der Waals surface area contributed by atoms with Gasteiger partial charge in [0.15, 0.2) is 0 Å². The number of rotatable bonds is 3. The highest BCUT2D eigenvalue weighted by Gasteiger charge is 2.33. The molecule has 2 saturated heterocycles. The summed E-state index contributed by atoms with van der Waals surface area (Å²) >= 11 is 1.70. The molecule has 2 N–H and O–H groups in total. The van der Waals surface area contributed by atoms with Crippen molar-refractivity contribution in [2.24, 2.45) is 11.7 Å². The van der Waals surface area contributed by atoms with Gasteiger partial charge in [-0.05, 0) is 43.0 Å². The Morgan fingerprint density at radius 2 is 2.08 bits per heavy atom. The molecule has 24 heavy (non-hydrogen) atoms. The lowest BCUT2D eigenvalue weighted by molar-refractivity contribution is -0.0400. The zero-order valence-electron chi connectivity index (χ0n) is 13.8. The van der Waals surface area contributed by atoms with Gasteiger partial charge in [0.05, 0.1) is 23.4 Å². The highest BCUT2D eigenvalue weighted by molar-refractivity contribution is 7.13. The molecule has 0 saturated carbocycles. The second-order valence-electron chi connectivity index (χ2n) is 6.71. The summed E-state index contributed by atoms with van der Waals surface area (Å²) in [5.41, 5.74) is 7.23. The predicted molar refractivity (Wildman–Crippen MR) is 97.2 cm³/mol. The van der Waals surface area contributed by atoms with E-state index in [0.29, 0.717) is 5.92 Å². The molecule has 2 atom stereocenters. The molecule has 0 aromatic carbocycles. The Labute approximate surface area is 146 Å². The summed E-state index contributed by atoms with van der Waals surface area (Å²) in [5.74, 6) is 1.55. The standard InChI is InChI=1S/C18H24N4OS/c19-14-3-1-9-23-18(14)13-5-7-22(8-6-13)17-12-20-11-15(21-17)16-4-2-10-24-16/h2,4,10-14,18H,1,3,5-9,19H2/t14-,18+/m1/s1. The lowest BCUT2D eigenvalue weighted by Gasteiger charge is -2.40. The van der Waals surface area contributed by atoms with Gasteiger partial charge < -0.3 is 15.4 Å². The fraction of sp³-hybridized carbons (Fsp3) is 0.556. The molecule has 128 valence electrons. The molecule has 0 radical (unpaired) electrons. The number of hydrogen-bond donors (Lipinski definition) is 1. The number of aromatic nitrogens is 2. The van der Waals surface area contributed by atoms with E-state index in [1.165, 1.54) is 4.88 Å². The Balaban J connectivity index is 1.42. The molecule has 2 aromatic heterocycles. The van der Waals surface area contributed by atoms with Crippen LogP contribution in [0.5, 0.6) is 0 Å². The molecule has 0 spiro atoms. The Morgan fingerprint density at radius 3 is 2.83 bits per heavy atom. The third-order valence-electron chi connectivity index (χ3n) is 5.14. The van der Waals surface area contributed by atoms with E-state index in [1.807, 2.05) is 18.5 Å². The monoisotopic (exact) mass is 344 g/mol. The van der Waals surface area contributed by atoms with Crippen molar-refractivity contribution in [3.8, 4) is 10.6 Å². The first-order valence-electron chi connectivity index (χ1n) is 8.79. The van der Waals surface area contributed by atoms with Gasteiger partial charge in [0.1, 0.15) is 11.5 Å². The summed E-state index contributed by atoms with van der Waals surface area (Å²) in [6.07, 6.45) is 8.38. The second kappa shape index (κ2) is 7.17. The predicted octanol–water partition coefficient (Wildman–Crippen LogP) is 2.93. The van der Waals surface area contributed by atoms with E-state index in [1.54, 1.807) is 11.3 Å². The minimum atomic E-state index is 0.206. The van der Waals surface area contributed by atoms with Crippen molar-refractivity contribution in [2.75, 3.05) is 24.6 Å². The number of thiophene rings is 1. The summed E-state index contributed by atoms with van der Waals surface area (Å²) in [4.78, 5) is 12.7. The first kappa shape index (κ1) is 16.0. The lowest BCUT2D eigenvalue weighted by atomic mass is 9.85. The van der Waals surface area contributed by atoms with E-state index >= 15 is 0 Å². The second-order valence-corrected chi connectivity index (χ2v) is 7.65. The number of hydrogen-bond acceptors (Lipinski definition) is 6. The Hall–Kier alpha value is -1.50. The molecule has 2 fully saturated rings. The molecule has 2 aliphatic heterocycles. The number of nitrogens with two attached hydrogens (primary N) is 1. The summed E-state index contributed by atoms with van der Waals surface area (Å²) < 4.78 is 5.97. The van der Waals surface area contributed by atoms with Crippen LogP contribution in [0, 0.1) is 5.92 Å². The Bertz CT molecular complexity index is 655. The third kappa shape index (κ3) is 3.31. The minimum Gasteiger partial charge on any atom is -0.376 e. The number of piperidine rings is 1. The number of anilines is 1. The van der Waals surface area contributed by atoms with E-state index < -0.39 is 0 Å². The fourth-order valence-corrected chi connectivity index (χ4v) is 4.50. The smallest absolute Gasteiger partial charge is 0.147 e. The van der Waals surface area contributed by atoms with E-state index in [9.17, 15) is 0 Å². The maximum atomic E-state index is 6.27. The maximum absolute atomic E-state index is 6.27. The molecule has 4 heterocycles. The average Bonchev–Trinajstić information content (AvgIpc) is 3.17. The van der Waals surface area contributed by atoms with Gasteiger partial charge in [0.2, 0.25) is 0 Å². The molecule has 6 heteroatoms. The van der Waals surface area contributed by atoms with Crippen LogP contribution >= 0.6 is 11.3 Å². The molecule has 2 aliphatic rings. The van der Waals surface area contributed by atoms with Crippen molar-refractivity contribution in [2.45, 2.75) is 37.8 Å². The average molecular weight is 344 g/mol. The molecular formula is C18H24N4OS. The summed E-state index contributed by atoms with van der Waals surface area (Å²) in [7, 11) is 0. The summed E-state index contributed by atoms with van der Waals surface area (Å²) in [6.45, 7) is 2.87. The van der Waals surface area contributed by atoms with Gasteiger partial charge in [-0.1, -0.05) is 6.07 Å². The fourth-order valence-electron chi connectivity index (χ4n) is 3.82. The first-order chi connectivity index (χ1) is 11.8. The summed E-state index contributed by atoms with van der Waals surface area (Å²) in [5, 5.41) is 2.07. The van der Waals surface area contributed by atoms with Crippen LogP contribution < -0.4 is 10.6 Å². The van der Waals surface area contributed by atoms with Crippen molar-refractivity contribution in [1.82, 2.24) is 9.97 Å². The molecule has 0 unspecified atom stereocenters. The number of ether oxygens (including phenoxy) is 1. The van der Waals surface area contributed by atoms with Gasteiger partial charge in [0, 0.05) is 25.7 Å². The van der Waals surface area contributed by atoms with Crippen LogP contribution in [0.3, 0.4) is 0 Å². The maximum Gasteiger partial charge on any atom is 0.147 e. The van der Waals surface area contributed by atoms with Crippen LogP contribution in [0.15, 0.2) is 29.9 Å². The molecule has 5 nitrogen and oxygen atoms in total. The quantitative estimate of drug-likeness (QED) is 0.927. The normalized spacial score (nSPS) is 25.8. The van der Waals surface area contributed by atoms with Crippen LogP contribution in [0.25, 0.3) is 10.6 Å². The molecule has 0 bridgehead atoms. The van der Waals surface area contributed by atoms with E-state index in [-0.39, 0.29) is 12.1 Å². The largest absolute Gasteiger partial charge is 0.376 e. The topological polar surface area (TPSA) is 64.3 Å². The molecule has 2 aromatic rings. The molecule has 0 amide bonds. The molecular weight excluding hydrogens is 320 g/mol. The lowest BCUT2D eigenvalue weighted by Crippen LogP contribution is -2.49. The molecule has 4 rings (SSSR count). The van der Waals surface area contributed by atoms with E-state index in [0.717, 1.165) is 56.9 Å². The van der Waals surface area contributed by atoms with Crippen molar-refractivity contribution in [3.63, 3.8) is 0 Å². The van der Waals surface area contributed by atoms with Crippen molar-refractivity contribution < 1.29 is 4.74 Å². The van der Waals surface area contributed by atoms with Gasteiger partial charge >= 0.3 is 0 Å². The highest BCUT2D eigenvalue weighted by Crippen LogP contribution is 2.30. The van der Waals surface area contributed by atoms with Crippen molar-refractivity contribution >= 4 is 17.2 Å². The SMILES string of the molecule is N[C@@H]1CCCO[C@H]1C1CCN(c2cncc(-c3cccs3)n2)CC1. The van der Waals surface area contributed by atoms with Gasteiger partial charge in [-0.3, -0.25) is 4.98 Å². The zero-order valence-corrected chi connectivity index (χ0v) is 14.6. The van der Waals surface area contributed by atoms with Gasteiger partial charge in [-0.15, -0.1) is 11.3 Å². The van der Waals surface area contributed by atoms with Gasteiger partial charge in [0.25, 0.3) is 0 Å². The van der Waals surface area contributed by atoms with E-state index in [4.69, 9.17) is 15.5 Å². The number of nitrogens with zero attached hydrogens (tertiary/aromatic N) is 3. The first-order valence-corrected chi connectivity index (χ1v) is 9.67. The van der Waals surface area contributed by atoms with Crippen LogP contribution in [0.1, 0.15) is 25.7 Å². The van der Waals surface area contributed by atoms with Gasteiger partial charge in [-0.2, -0.15) is 0 Å². The van der Waals surface area contributed by atoms with Crippen molar-refractivity contribution in [1.29, 1.82) is 0 Å². The third-order valence-corrected chi connectivity index (χ3v) is 6.03. The van der Waals surface area contributed by atoms with Crippen molar-refractivity contribution in [3.05, 3.63) is 29.9 Å². The minimum absolute atomic E-state index is 0.206.